The molecule has 3 N–H and O–H groups in total. The number of nitrogens with two attached hydrogens (primary N) is 1. The lowest BCUT2D eigenvalue weighted by molar-refractivity contribution is 0.0429. The Hall–Kier alpha value is -1.59. The molecule has 0 aliphatic heterocycles. The van der Waals surface area contributed by atoms with Crippen molar-refractivity contribution >= 4 is 11.9 Å². The van der Waals surface area contributed by atoms with E-state index in [-0.39, 0.29) is 11.8 Å². The molecule has 1 aliphatic rings. The third kappa shape index (κ3) is 2.45. The molecule has 0 atom stereocenters. The number of ether oxygens (including phenoxy) is 1. The Morgan fingerprint density at radius 3 is 2.87 bits per heavy atom. The molecule has 0 aromatic carbocycles. The maximum absolute atomic E-state index is 11.4. The number of aromatic amines is 1. The van der Waals surface area contributed by atoms with Gasteiger partial charge >= 0.3 is 5.97 Å². The molecule has 6 nitrogen and oxygen atoms in total. The highest BCUT2D eigenvalue weighted by Crippen LogP contribution is 2.24. The maximum Gasteiger partial charge on any atom is 0.375 e. The minimum Gasteiger partial charge on any atom is -0.460 e. The van der Waals surface area contributed by atoms with Crippen molar-refractivity contribution in [3.8, 4) is 0 Å². The average molecular weight is 210 g/mol. The molecule has 0 radical (unpaired) electrons. The summed E-state index contributed by atoms with van der Waals surface area (Å²) in [6, 6.07) is 0. The molecule has 0 unspecified atom stereocenters. The van der Waals surface area contributed by atoms with Crippen LogP contribution in [0.5, 0.6) is 0 Å². The standard InChI is InChI=1S/C9H14N4O2/c10-9-11-7(12-13-9)8(14)15-5-6-3-1-2-4-6/h6H,1-5H2,(H3,10,11,12,13). The van der Waals surface area contributed by atoms with Gasteiger partial charge in [-0.1, -0.05) is 12.8 Å². The molecule has 1 heterocycles. The van der Waals surface area contributed by atoms with E-state index in [4.69, 9.17) is 10.5 Å². The second-order valence-electron chi connectivity index (χ2n) is 3.79. The molecular weight excluding hydrogens is 196 g/mol. The zero-order valence-electron chi connectivity index (χ0n) is 8.40. The minimum atomic E-state index is -0.480. The monoisotopic (exact) mass is 210 g/mol. The van der Waals surface area contributed by atoms with Crippen LogP contribution in [0.2, 0.25) is 0 Å². The van der Waals surface area contributed by atoms with Crippen LogP contribution in [-0.4, -0.2) is 27.8 Å². The highest BCUT2D eigenvalue weighted by atomic mass is 16.5. The Morgan fingerprint density at radius 1 is 1.53 bits per heavy atom. The van der Waals surface area contributed by atoms with E-state index in [2.05, 4.69) is 15.2 Å². The second kappa shape index (κ2) is 4.29. The van der Waals surface area contributed by atoms with Gasteiger partial charge in [-0.3, -0.25) is 5.10 Å². The van der Waals surface area contributed by atoms with Crippen LogP contribution in [0.1, 0.15) is 36.3 Å². The maximum atomic E-state index is 11.4. The fourth-order valence-corrected chi connectivity index (χ4v) is 1.80. The molecule has 6 heteroatoms. The predicted octanol–water partition coefficient (Wildman–Crippen LogP) is 0.734. The summed E-state index contributed by atoms with van der Waals surface area (Å²) in [5, 5.41) is 5.98. The van der Waals surface area contributed by atoms with E-state index in [1.54, 1.807) is 0 Å². The summed E-state index contributed by atoms with van der Waals surface area (Å²) in [5.41, 5.74) is 5.27. The normalized spacial score (nSPS) is 16.8. The minimum absolute atomic E-state index is 0.0582. The van der Waals surface area contributed by atoms with Crippen molar-refractivity contribution in [1.82, 2.24) is 15.2 Å². The van der Waals surface area contributed by atoms with Gasteiger partial charge < -0.3 is 10.5 Å². The van der Waals surface area contributed by atoms with Crippen molar-refractivity contribution in [2.45, 2.75) is 25.7 Å². The fraction of sp³-hybridized carbons (Fsp3) is 0.667. The van der Waals surface area contributed by atoms with Gasteiger partial charge in [0, 0.05) is 0 Å². The lowest BCUT2D eigenvalue weighted by Crippen LogP contribution is -2.13. The van der Waals surface area contributed by atoms with Gasteiger partial charge in [-0.05, 0) is 18.8 Å². The van der Waals surface area contributed by atoms with Crippen LogP contribution in [0.25, 0.3) is 0 Å². The summed E-state index contributed by atoms with van der Waals surface area (Å²) >= 11 is 0. The lowest BCUT2D eigenvalue weighted by Gasteiger charge is -2.08. The number of hydrogen-bond donors (Lipinski definition) is 2. The zero-order chi connectivity index (χ0) is 10.7. The van der Waals surface area contributed by atoms with Gasteiger partial charge in [0.05, 0.1) is 6.61 Å². The second-order valence-corrected chi connectivity index (χ2v) is 3.79. The molecule has 0 amide bonds. The van der Waals surface area contributed by atoms with Gasteiger partial charge in [0.1, 0.15) is 0 Å². The topological polar surface area (TPSA) is 93.9 Å². The van der Waals surface area contributed by atoms with E-state index in [9.17, 15) is 4.79 Å². The molecular formula is C9H14N4O2. The Balaban J connectivity index is 1.81. The molecule has 2 rings (SSSR count). The van der Waals surface area contributed by atoms with E-state index in [0.29, 0.717) is 12.5 Å². The highest BCUT2D eigenvalue weighted by molar-refractivity contribution is 5.85. The van der Waals surface area contributed by atoms with E-state index < -0.39 is 5.97 Å². The lowest BCUT2D eigenvalue weighted by atomic mass is 10.1. The van der Waals surface area contributed by atoms with Gasteiger partial charge in [-0.25, -0.2) is 4.79 Å². The summed E-state index contributed by atoms with van der Waals surface area (Å²) < 4.78 is 5.10. The smallest absolute Gasteiger partial charge is 0.375 e. The van der Waals surface area contributed by atoms with Crippen LogP contribution in [0.3, 0.4) is 0 Å². The van der Waals surface area contributed by atoms with Crippen LogP contribution in [-0.2, 0) is 4.74 Å². The van der Waals surface area contributed by atoms with Gasteiger partial charge in [-0.2, -0.15) is 4.98 Å². The number of hydrogen-bond acceptors (Lipinski definition) is 5. The summed E-state index contributed by atoms with van der Waals surface area (Å²) in [6.07, 6.45) is 4.76. The van der Waals surface area contributed by atoms with E-state index in [1.165, 1.54) is 12.8 Å². The SMILES string of the molecule is Nc1n[nH]c(C(=O)OCC2CCCC2)n1. The number of nitrogens with zero attached hydrogens (tertiary/aromatic N) is 2. The number of H-pyrrole nitrogens is 1. The Bertz CT molecular complexity index is 344. The average Bonchev–Trinajstić information content (AvgIpc) is 2.84. The molecule has 1 aromatic heterocycles. The predicted molar refractivity (Wildman–Crippen MR) is 53.0 cm³/mol. The van der Waals surface area contributed by atoms with Crippen molar-refractivity contribution in [3.05, 3.63) is 5.82 Å². The van der Waals surface area contributed by atoms with Crippen molar-refractivity contribution in [3.63, 3.8) is 0 Å². The number of rotatable bonds is 3. The molecule has 1 fully saturated rings. The molecule has 0 spiro atoms. The van der Waals surface area contributed by atoms with E-state index >= 15 is 0 Å². The largest absolute Gasteiger partial charge is 0.460 e. The first-order valence-corrected chi connectivity index (χ1v) is 5.10. The first-order valence-electron chi connectivity index (χ1n) is 5.10. The fourth-order valence-electron chi connectivity index (χ4n) is 1.80. The highest BCUT2D eigenvalue weighted by Gasteiger charge is 2.18. The Kier molecular flexibility index (Phi) is 2.84. The molecule has 15 heavy (non-hydrogen) atoms. The van der Waals surface area contributed by atoms with Crippen molar-refractivity contribution in [1.29, 1.82) is 0 Å². The number of esters is 1. The summed E-state index contributed by atoms with van der Waals surface area (Å²) in [5.74, 6) is 0.161. The van der Waals surface area contributed by atoms with Gasteiger partial charge in [0.2, 0.25) is 11.8 Å². The molecule has 82 valence electrons. The Labute approximate surface area is 87.2 Å². The van der Waals surface area contributed by atoms with Crippen LogP contribution >= 0.6 is 0 Å². The van der Waals surface area contributed by atoms with E-state index in [1.807, 2.05) is 0 Å². The summed E-state index contributed by atoms with van der Waals surface area (Å²) in [6.45, 7) is 0.472. The van der Waals surface area contributed by atoms with Crippen molar-refractivity contribution in [2.75, 3.05) is 12.3 Å². The number of carbonyl (C=O) groups is 1. The van der Waals surface area contributed by atoms with Crippen LogP contribution in [0.4, 0.5) is 5.95 Å². The number of anilines is 1. The number of carbonyl (C=O) groups excluding carboxylic acids is 1. The molecule has 0 bridgehead atoms. The number of aromatic nitrogens is 3. The van der Waals surface area contributed by atoms with Gasteiger partial charge in [0.25, 0.3) is 0 Å². The van der Waals surface area contributed by atoms with Crippen molar-refractivity contribution in [2.24, 2.45) is 5.92 Å². The third-order valence-corrected chi connectivity index (χ3v) is 2.62. The quantitative estimate of drug-likeness (QED) is 0.717. The Morgan fingerprint density at radius 2 is 2.27 bits per heavy atom. The first-order chi connectivity index (χ1) is 7.25. The third-order valence-electron chi connectivity index (χ3n) is 2.62. The number of nitrogen functional groups attached to an aromatic ring is 1. The van der Waals surface area contributed by atoms with Crippen molar-refractivity contribution < 1.29 is 9.53 Å². The summed E-state index contributed by atoms with van der Waals surface area (Å²) in [4.78, 5) is 15.1. The van der Waals surface area contributed by atoms with Crippen LogP contribution < -0.4 is 5.73 Å². The van der Waals surface area contributed by atoms with Gasteiger partial charge in [-0.15, -0.1) is 5.10 Å². The summed E-state index contributed by atoms with van der Waals surface area (Å²) in [7, 11) is 0. The van der Waals surface area contributed by atoms with Crippen LogP contribution in [0.15, 0.2) is 0 Å². The van der Waals surface area contributed by atoms with Crippen LogP contribution in [0, 0.1) is 5.92 Å². The zero-order valence-corrected chi connectivity index (χ0v) is 8.40. The first kappa shape index (κ1) is 9.95. The molecule has 0 saturated heterocycles. The number of nitrogens with one attached hydrogen (secondary N) is 1. The molecule has 1 saturated carbocycles. The molecule has 1 aliphatic carbocycles. The molecule has 1 aromatic rings. The van der Waals surface area contributed by atoms with Gasteiger partial charge in [0.15, 0.2) is 0 Å². The van der Waals surface area contributed by atoms with E-state index in [0.717, 1.165) is 12.8 Å².